The van der Waals surface area contributed by atoms with Crippen molar-refractivity contribution >= 4 is 39.3 Å². The van der Waals surface area contributed by atoms with E-state index >= 15 is 0 Å². The first-order valence-electron chi connectivity index (χ1n) is 6.70. The van der Waals surface area contributed by atoms with Crippen molar-refractivity contribution < 1.29 is 8.42 Å². The molecule has 0 aromatic heterocycles. The second-order valence-corrected chi connectivity index (χ2v) is 7.98. The fourth-order valence-corrected chi connectivity index (χ4v) is 3.61. The van der Waals surface area contributed by atoms with Gasteiger partial charge in [0.2, 0.25) is 0 Å². The Labute approximate surface area is 130 Å². The lowest BCUT2D eigenvalue weighted by molar-refractivity contribution is 0.429. The number of nitrogens with two attached hydrogens (primary N) is 1. The van der Waals surface area contributed by atoms with Crippen molar-refractivity contribution in [2.75, 3.05) is 6.54 Å². The molecule has 0 atom stereocenters. The minimum atomic E-state index is -3.50. The maximum Gasteiger partial charge on any atom is 0.267 e. The van der Waals surface area contributed by atoms with E-state index in [1.807, 2.05) is 13.8 Å². The van der Waals surface area contributed by atoms with E-state index in [1.54, 1.807) is 24.3 Å². The monoisotopic (exact) mass is 325 g/mol. The molecule has 0 spiro atoms. The van der Waals surface area contributed by atoms with Crippen LogP contribution in [-0.2, 0) is 10.0 Å². The van der Waals surface area contributed by atoms with Gasteiger partial charge in [-0.05, 0) is 25.0 Å². The molecule has 0 unspecified atom stereocenters. The van der Waals surface area contributed by atoms with Crippen molar-refractivity contribution in [3.63, 3.8) is 0 Å². The number of nitrogens with zero attached hydrogens (tertiary/aromatic N) is 2. The number of para-hydroxylation sites is 1. The number of fused-ring (bicyclic) bond motifs is 1. The summed E-state index contributed by atoms with van der Waals surface area (Å²) in [5.41, 5.74) is 5.89. The SMILES string of the molecule is CC(C)(CCCN1C=Nc2ccccc2S1(=O)=O)C(N)=S. The molecular formula is C14H19N3O2S2. The van der Waals surface area contributed by atoms with Crippen molar-refractivity contribution in [1.82, 2.24) is 4.31 Å². The zero-order valence-corrected chi connectivity index (χ0v) is 13.7. The average molecular weight is 325 g/mol. The standard InChI is InChI=1S/C14H19N3O2S2/c1-14(2,13(15)20)8-5-9-17-10-16-11-6-3-4-7-12(11)21(17,18)19/h3-4,6-7,10H,5,8-9H2,1-2H3,(H2,15,20). The quantitative estimate of drug-likeness (QED) is 0.844. The summed E-state index contributed by atoms with van der Waals surface area (Å²) in [4.78, 5) is 4.89. The zero-order valence-electron chi connectivity index (χ0n) is 12.1. The summed E-state index contributed by atoms with van der Waals surface area (Å²) in [7, 11) is -3.50. The van der Waals surface area contributed by atoms with Gasteiger partial charge >= 0.3 is 0 Å². The van der Waals surface area contributed by atoms with Gasteiger partial charge in [-0.2, -0.15) is 0 Å². The third-order valence-electron chi connectivity index (χ3n) is 3.62. The van der Waals surface area contributed by atoms with E-state index in [-0.39, 0.29) is 10.3 Å². The molecule has 0 bridgehead atoms. The molecule has 1 aliphatic heterocycles. The minimum Gasteiger partial charge on any atom is -0.393 e. The first-order chi connectivity index (χ1) is 9.75. The molecule has 1 aliphatic rings. The zero-order chi connectivity index (χ0) is 15.7. The van der Waals surface area contributed by atoms with Crippen LogP contribution in [0.3, 0.4) is 0 Å². The minimum absolute atomic E-state index is 0.251. The molecule has 0 saturated carbocycles. The van der Waals surface area contributed by atoms with Gasteiger partial charge < -0.3 is 5.73 Å². The predicted octanol–water partition coefficient (Wildman–Crippen LogP) is 2.44. The number of hydrogen-bond acceptors (Lipinski definition) is 4. The average Bonchev–Trinajstić information content (AvgIpc) is 2.41. The highest BCUT2D eigenvalue weighted by Crippen LogP contribution is 2.30. The molecule has 114 valence electrons. The van der Waals surface area contributed by atoms with Crippen molar-refractivity contribution in [3.05, 3.63) is 24.3 Å². The second-order valence-electron chi connectivity index (χ2n) is 5.68. The maximum absolute atomic E-state index is 12.5. The fourth-order valence-electron chi connectivity index (χ4n) is 2.07. The highest BCUT2D eigenvalue weighted by molar-refractivity contribution is 7.89. The number of aliphatic imine (C=N–C) groups is 1. The van der Waals surface area contributed by atoms with Crippen LogP contribution in [0.2, 0.25) is 0 Å². The van der Waals surface area contributed by atoms with E-state index < -0.39 is 10.0 Å². The molecule has 0 saturated heterocycles. The van der Waals surface area contributed by atoms with Crippen molar-refractivity contribution in [1.29, 1.82) is 0 Å². The Morgan fingerprint density at radius 3 is 2.71 bits per heavy atom. The van der Waals surface area contributed by atoms with Gasteiger partial charge in [-0.15, -0.1) is 0 Å². The summed E-state index contributed by atoms with van der Waals surface area (Å²) in [6, 6.07) is 6.74. The van der Waals surface area contributed by atoms with Crippen molar-refractivity contribution in [3.8, 4) is 0 Å². The van der Waals surface area contributed by atoms with E-state index in [0.717, 1.165) is 6.42 Å². The smallest absolute Gasteiger partial charge is 0.267 e. The molecule has 0 radical (unpaired) electrons. The van der Waals surface area contributed by atoms with Crippen LogP contribution in [0.5, 0.6) is 0 Å². The Morgan fingerprint density at radius 2 is 2.05 bits per heavy atom. The predicted molar refractivity (Wildman–Crippen MR) is 88.3 cm³/mol. The van der Waals surface area contributed by atoms with Crippen LogP contribution in [0.1, 0.15) is 26.7 Å². The fraction of sp³-hybridized carbons (Fsp3) is 0.429. The third-order valence-corrected chi connectivity index (χ3v) is 5.97. The normalized spacial score (nSPS) is 16.6. The lowest BCUT2D eigenvalue weighted by Gasteiger charge is -2.27. The Balaban J connectivity index is 2.09. The summed E-state index contributed by atoms with van der Waals surface area (Å²) in [5.74, 6) is 0. The summed E-state index contributed by atoms with van der Waals surface area (Å²) >= 11 is 5.02. The molecule has 2 N–H and O–H groups in total. The van der Waals surface area contributed by atoms with Crippen LogP contribution >= 0.6 is 12.2 Å². The van der Waals surface area contributed by atoms with Gasteiger partial charge in [-0.25, -0.2) is 13.4 Å². The lowest BCUT2D eigenvalue weighted by atomic mass is 9.88. The molecule has 1 heterocycles. The van der Waals surface area contributed by atoms with Gasteiger partial charge in [0.05, 0.1) is 10.7 Å². The topological polar surface area (TPSA) is 75.8 Å². The third kappa shape index (κ3) is 3.24. The number of sulfonamides is 1. The Hall–Kier alpha value is -1.47. The van der Waals surface area contributed by atoms with Crippen LogP contribution in [0.4, 0.5) is 5.69 Å². The molecule has 1 aromatic carbocycles. The molecule has 1 aromatic rings. The van der Waals surface area contributed by atoms with Crippen LogP contribution in [0.25, 0.3) is 0 Å². The molecular weight excluding hydrogens is 306 g/mol. The highest BCUT2D eigenvalue weighted by Gasteiger charge is 2.29. The second kappa shape index (κ2) is 5.73. The van der Waals surface area contributed by atoms with Gasteiger partial charge in [-0.3, -0.25) is 4.31 Å². The van der Waals surface area contributed by atoms with E-state index in [9.17, 15) is 8.42 Å². The molecule has 0 amide bonds. The molecule has 21 heavy (non-hydrogen) atoms. The van der Waals surface area contributed by atoms with Gasteiger partial charge in [-0.1, -0.05) is 38.2 Å². The first-order valence-corrected chi connectivity index (χ1v) is 8.55. The molecule has 2 rings (SSSR count). The lowest BCUT2D eigenvalue weighted by Crippen LogP contribution is -2.35. The summed E-state index contributed by atoms with van der Waals surface area (Å²) in [6.45, 7) is 4.29. The van der Waals surface area contributed by atoms with Crippen molar-refractivity contribution in [2.45, 2.75) is 31.6 Å². The number of hydrogen-bond donors (Lipinski definition) is 1. The largest absolute Gasteiger partial charge is 0.393 e. The van der Waals surface area contributed by atoms with Crippen LogP contribution < -0.4 is 5.73 Å². The number of rotatable bonds is 5. The Bertz CT molecular complexity index is 681. The Morgan fingerprint density at radius 1 is 1.38 bits per heavy atom. The molecule has 0 fully saturated rings. The Kier molecular flexibility index (Phi) is 4.34. The van der Waals surface area contributed by atoms with Crippen LogP contribution in [0, 0.1) is 5.41 Å². The van der Waals surface area contributed by atoms with Gasteiger partial charge in [0.1, 0.15) is 11.2 Å². The van der Waals surface area contributed by atoms with E-state index in [2.05, 4.69) is 4.99 Å². The van der Waals surface area contributed by atoms with Crippen LogP contribution in [-0.4, -0.2) is 30.6 Å². The maximum atomic E-state index is 12.5. The highest BCUT2D eigenvalue weighted by atomic mass is 32.2. The summed E-state index contributed by atoms with van der Waals surface area (Å²) < 4.78 is 26.2. The van der Waals surface area contributed by atoms with Gasteiger partial charge in [0, 0.05) is 12.0 Å². The number of thiocarbonyl (C=S) groups is 1. The molecule has 7 heteroatoms. The summed E-state index contributed by atoms with van der Waals surface area (Å²) in [6.07, 6.45) is 2.77. The van der Waals surface area contributed by atoms with E-state index in [1.165, 1.54) is 10.6 Å². The van der Waals surface area contributed by atoms with Gasteiger partial charge in [0.15, 0.2) is 0 Å². The van der Waals surface area contributed by atoms with Crippen LogP contribution in [0.15, 0.2) is 34.2 Å². The van der Waals surface area contributed by atoms with E-state index in [0.29, 0.717) is 23.6 Å². The van der Waals surface area contributed by atoms with E-state index in [4.69, 9.17) is 18.0 Å². The molecule has 0 aliphatic carbocycles. The van der Waals surface area contributed by atoms with Gasteiger partial charge in [0.25, 0.3) is 10.0 Å². The number of benzene rings is 1. The first kappa shape index (κ1) is 15.9. The molecule has 5 nitrogen and oxygen atoms in total. The summed E-state index contributed by atoms with van der Waals surface area (Å²) in [5, 5.41) is 0. The van der Waals surface area contributed by atoms with Crippen molar-refractivity contribution in [2.24, 2.45) is 16.1 Å².